The monoisotopic (exact) mass is 288 g/mol. The van der Waals surface area contributed by atoms with Crippen molar-refractivity contribution in [1.29, 1.82) is 0 Å². The van der Waals surface area contributed by atoms with Crippen molar-refractivity contribution in [2.45, 2.75) is 52.6 Å². The Labute approximate surface area is 126 Å². The van der Waals surface area contributed by atoms with Gasteiger partial charge in [-0.2, -0.15) is 0 Å². The van der Waals surface area contributed by atoms with Crippen molar-refractivity contribution in [3.05, 3.63) is 51.5 Å². The second kappa shape index (κ2) is 6.06. The van der Waals surface area contributed by atoms with E-state index in [1.165, 1.54) is 21.0 Å². The fourth-order valence-electron chi connectivity index (χ4n) is 2.17. The summed E-state index contributed by atoms with van der Waals surface area (Å²) in [5.74, 6) is 0. The van der Waals surface area contributed by atoms with Crippen molar-refractivity contribution in [1.82, 2.24) is 10.3 Å². The molecule has 2 nitrogen and oxygen atoms in total. The molecule has 3 heteroatoms. The van der Waals surface area contributed by atoms with Crippen LogP contribution >= 0.6 is 11.3 Å². The minimum Gasteiger partial charge on any atom is -0.305 e. The highest BCUT2D eigenvalue weighted by atomic mass is 32.1. The smallest absolute Gasteiger partial charge is 0.0981 e. The van der Waals surface area contributed by atoms with Gasteiger partial charge in [0.1, 0.15) is 0 Å². The largest absolute Gasteiger partial charge is 0.305 e. The van der Waals surface area contributed by atoms with Crippen molar-refractivity contribution in [3.8, 4) is 0 Å². The molecule has 0 spiro atoms. The van der Waals surface area contributed by atoms with Crippen LogP contribution in [0.15, 0.2) is 30.5 Å². The van der Waals surface area contributed by atoms with E-state index in [2.05, 4.69) is 69.2 Å². The van der Waals surface area contributed by atoms with E-state index in [1.807, 2.05) is 17.5 Å². The van der Waals surface area contributed by atoms with Crippen molar-refractivity contribution >= 4 is 11.3 Å². The fraction of sp³-hybridized carbons (Fsp3) is 0.471. The first kappa shape index (κ1) is 15.2. The summed E-state index contributed by atoms with van der Waals surface area (Å²) < 4.78 is 0. The molecule has 0 aliphatic carbocycles. The van der Waals surface area contributed by atoms with Gasteiger partial charge in [0.2, 0.25) is 0 Å². The number of hydrogen-bond donors (Lipinski definition) is 1. The van der Waals surface area contributed by atoms with Gasteiger partial charge in [0.05, 0.1) is 5.01 Å². The molecule has 2 rings (SSSR count). The summed E-state index contributed by atoms with van der Waals surface area (Å²) in [6.07, 6.45) is 2.00. The summed E-state index contributed by atoms with van der Waals surface area (Å²) in [7, 11) is 0. The summed E-state index contributed by atoms with van der Waals surface area (Å²) in [6.45, 7) is 11.9. The Morgan fingerprint density at radius 2 is 1.95 bits per heavy atom. The van der Waals surface area contributed by atoms with Crippen LogP contribution in [-0.4, -0.2) is 4.98 Å². The van der Waals surface area contributed by atoms with Gasteiger partial charge < -0.3 is 5.32 Å². The lowest BCUT2D eigenvalue weighted by Crippen LogP contribution is -2.18. The Kier molecular flexibility index (Phi) is 4.61. The highest BCUT2D eigenvalue weighted by Gasteiger charge is 2.18. The third-order valence-electron chi connectivity index (χ3n) is 3.43. The number of rotatable bonds is 4. The molecule has 0 saturated carbocycles. The maximum Gasteiger partial charge on any atom is 0.0981 e. The average molecular weight is 288 g/mol. The van der Waals surface area contributed by atoms with E-state index in [1.54, 1.807) is 0 Å². The molecule has 0 radical (unpaired) electrons. The molecular formula is C17H24N2S. The SMILES string of the molecule is Cc1ccccc1C(C)NCc1cnc(C(C)(C)C)s1. The lowest BCUT2D eigenvalue weighted by molar-refractivity contribution is 0.575. The maximum absolute atomic E-state index is 4.53. The number of benzene rings is 1. The Morgan fingerprint density at radius 1 is 1.25 bits per heavy atom. The van der Waals surface area contributed by atoms with Gasteiger partial charge in [0, 0.05) is 29.1 Å². The summed E-state index contributed by atoms with van der Waals surface area (Å²) in [6, 6.07) is 8.91. The molecule has 0 fully saturated rings. The Balaban J connectivity index is 1.99. The van der Waals surface area contributed by atoms with E-state index in [4.69, 9.17) is 0 Å². The molecule has 1 aromatic carbocycles. The van der Waals surface area contributed by atoms with E-state index in [0.717, 1.165) is 6.54 Å². The second-order valence-corrected chi connectivity index (χ2v) is 7.46. The molecule has 0 aliphatic rings. The van der Waals surface area contributed by atoms with Crippen molar-refractivity contribution < 1.29 is 0 Å². The molecule has 0 bridgehead atoms. The zero-order chi connectivity index (χ0) is 14.8. The summed E-state index contributed by atoms with van der Waals surface area (Å²) in [5, 5.41) is 4.80. The molecule has 0 saturated heterocycles. The van der Waals surface area contributed by atoms with Crippen molar-refractivity contribution in [3.63, 3.8) is 0 Å². The Hall–Kier alpha value is -1.19. The zero-order valence-electron chi connectivity index (χ0n) is 13.0. The molecule has 20 heavy (non-hydrogen) atoms. The molecule has 1 atom stereocenters. The van der Waals surface area contributed by atoms with Crippen LogP contribution in [0, 0.1) is 6.92 Å². The number of nitrogens with one attached hydrogen (secondary N) is 1. The maximum atomic E-state index is 4.53. The van der Waals surface area contributed by atoms with Gasteiger partial charge in [-0.3, -0.25) is 0 Å². The molecule has 0 amide bonds. The summed E-state index contributed by atoms with van der Waals surface area (Å²) in [4.78, 5) is 5.84. The molecule has 2 aromatic rings. The van der Waals surface area contributed by atoms with Crippen LogP contribution in [0.5, 0.6) is 0 Å². The Morgan fingerprint density at radius 3 is 2.55 bits per heavy atom. The van der Waals surface area contributed by atoms with E-state index in [9.17, 15) is 0 Å². The number of hydrogen-bond acceptors (Lipinski definition) is 3. The number of aryl methyl sites for hydroxylation is 1. The first-order chi connectivity index (χ1) is 9.38. The van der Waals surface area contributed by atoms with Crippen molar-refractivity contribution in [2.24, 2.45) is 0 Å². The van der Waals surface area contributed by atoms with Gasteiger partial charge in [-0.25, -0.2) is 4.98 Å². The predicted octanol–water partition coefficient (Wildman–Crippen LogP) is 4.60. The van der Waals surface area contributed by atoms with E-state index >= 15 is 0 Å². The lowest BCUT2D eigenvalue weighted by Gasteiger charge is -2.16. The Bertz CT molecular complexity index is 566. The minimum atomic E-state index is 0.143. The summed E-state index contributed by atoms with van der Waals surface area (Å²) in [5.41, 5.74) is 2.85. The quantitative estimate of drug-likeness (QED) is 0.889. The van der Waals surface area contributed by atoms with Gasteiger partial charge in [0.15, 0.2) is 0 Å². The van der Waals surface area contributed by atoms with Gasteiger partial charge >= 0.3 is 0 Å². The molecule has 1 heterocycles. The van der Waals surface area contributed by atoms with Crippen LogP contribution in [0.3, 0.4) is 0 Å². The average Bonchev–Trinajstić information content (AvgIpc) is 2.85. The van der Waals surface area contributed by atoms with Crippen LogP contribution in [0.1, 0.15) is 54.7 Å². The number of nitrogens with zero attached hydrogens (tertiary/aromatic N) is 1. The molecule has 1 N–H and O–H groups in total. The third kappa shape index (κ3) is 3.68. The fourth-order valence-corrected chi connectivity index (χ4v) is 3.09. The van der Waals surface area contributed by atoms with Gasteiger partial charge in [0.25, 0.3) is 0 Å². The van der Waals surface area contributed by atoms with Crippen LogP contribution in [0.4, 0.5) is 0 Å². The molecular weight excluding hydrogens is 264 g/mol. The predicted molar refractivity (Wildman–Crippen MR) is 87.2 cm³/mol. The number of aromatic nitrogens is 1. The second-order valence-electron chi connectivity index (χ2n) is 6.34. The summed E-state index contributed by atoms with van der Waals surface area (Å²) >= 11 is 1.81. The molecule has 1 aromatic heterocycles. The van der Waals surface area contributed by atoms with E-state index in [0.29, 0.717) is 6.04 Å². The van der Waals surface area contributed by atoms with Crippen molar-refractivity contribution in [2.75, 3.05) is 0 Å². The van der Waals surface area contributed by atoms with E-state index in [-0.39, 0.29) is 5.41 Å². The highest BCUT2D eigenvalue weighted by Crippen LogP contribution is 2.27. The van der Waals surface area contributed by atoms with E-state index < -0.39 is 0 Å². The zero-order valence-corrected chi connectivity index (χ0v) is 13.8. The first-order valence-electron chi connectivity index (χ1n) is 7.12. The van der Waals surface area contributed by atoms with Gasteiger partial charge in [-0.05, 0) is 25.0 Å². The third-order valence-corrected chi connectivity index (χ3v) is 4.86. The van der Waals surface area contributed by atoms with Crippen LogP contribution in [0.2, 0.25) is 0 Å². The van der Waals surface area contributed by atoms with Gasteiger partial charge in [-0.15, -0.1) is 11.3 Å². The highest BCUT2D eigenvalue weighted by molar-refractivity contribution is 7.11. The van der Waals surface area contributed by atoms with Crippen LogP contribution in [0.25, 0.3) is 0 Å². The lowest BCUT2D eigenvalue weighted by atomic mass is 9.98. The van der Waals surface area contributed by atoms with Gasteiger partial charge in [-0.1, -0.05) is 45.0 Å². The normalized spacial score (nSPS) is 13.4. The minimum absolute atomic E-state index is 0.143. The first-order valence-corrected chi connectivity index (χ1v) is 7.93. The standard InChI is InChI=1S/C17H24N2S/c1-12-8-6-7-9-15(12)13(2)18-10-14-11-19-16(20-14)17(3,4)5/h6-9,11,13,18H,10H2,1-5H3. The topological polar surface area (TPSA) is 24.9 Å². The molecule has 0 aliphatic heterocycles. The van der Waals surface area contributed by atoms with Crippen LogP contribution < -0.4 is 5.32 Å². The molecule has 1 unspecified atom stereocenters. The number of thiazole rings is 1. The van der Waals surface area contributed by atoms with Crippen LogP contribution in [-0.2, 0) is 12.0 Å². The molecule has 108 valence electrons.